The van der Waals surface area contributed by atoms with E-state index in [9.17, 15) is 0 Å². The second kappa shape index (κ2) is 5.86. The van der Waals surface area contributed by atoms with Crippen LogP contribution in [0.2, 0.25) is 0 Å². The molecule has 0 aromatic heterocycles. The van der Waals surface area contributed by atoms with Gasteiger partial charge < -0.3 is 11.1 Å². The minimum Gasteiger partial charge on any atom is -0.325 e. The summed E-state index contributed by atoms with van der Waals surface area (Å²) in [4.78, 5) is 0. The van der Waals surface area contributed by atoms with Crippen LogP contribution in [0, 0.1) is 11.8 Å². The van der Waals surface area contributed by atoms with Gasteiger partial charge in [0.05, 0.1) is 0 Å². The molecule has 0 spiro atoms. The molecule has 2 nitrogen and oxygen atoms in total. The largest absolute Gasteiger partial charge is 0.325 e. The van der Waals surface area contributed by atoms with Crippen molar-refractivity contribution in [3.8, 4) is 0 Å². The third-order valence-corrected chi connectivity index (χ3v) is 4.00. The first-order valence-corrected chi connectivity index (χ1v) is 6.53. The molecule has 0 saturated heterocycles. The van der Waals surface area contributed by atoms with E-state index in [1.54, 1.807) is 0 Å². The fourth-order valence-corrected chi connectivity index (χ4v) is 2.23. The van der Waals surface area contributed by atoms with Crippen molar-refractivity contribution in [3.05, 3.63) is 0 Å². The Bertz CT molecular complexity index is 171. The van der Waals surface area contributed by atoms with Gasteiger partial charge in [-0.3, -0.25) is 0 Å². The van der Waals surface area contributed by atoms with Gasteiger partial charge in [0.2, 0.25) is 0 Å². The van der Waals surface area contributed by atoms with E-state index in [-0.39, 0.29) is 5.54 Å². The Balaban J connectivity index is 2.06. The fourth-order valence-electron chi connectivity index (χ4n) is 2.23. The summed E-state index contributed by atoms with van der Waals surface area (Å²) in [6.45, 7) is 9.11. The van der Waals surface area contributed by atoms with Gasteiger partial charge >= 0.3 is 0 Å². The molecule has 3 N–H and O–H groups in total. The van der Waals surface area contributed by atoms with E-state index in [4.69, 9.17) is 5.73 Å². The molecule has 0 aromatic rings. The Labute approximate surface area is 95.0 Å². The summed E-state index contributed by atoms with van der Waals surface area (Å²) in [6, 6.07) is 0. The van der Waals surface area contributed by atoms with Crippen LogP contribution in [0.15, 0.2) is 0 Å². The quantitative estimate of drug-likeness (QED) is 0.664. The van der Waals surface area contributed by atoms with Crippen molar-refractivity contribution < 1.29 is 0 Å². The number of nitrogens with one attached hydrogen (secondary N) is 1. The Morgan fingerprint density at radius 1 is 1.20 bits per heavy atom. The van der Waals surface area contributed by atoms with E-state index in [0.717, 1.165) is 31.3 Å². The summed E-state index contributed by atoms with van der Waals surface area (Å²) < 4.78 is 0. The van der Waals surface area contributed by atoms with E-state index in [2.05, 4.69) is 26.1 Å². The zero-order chi connectivity index (χ0) is 11.3. The van der Waals surface area contributed by atoms with Crippen molar-refractivity contribution in [1.29, 1.82) is 0 Å². The molecule has 2 heteroatoms. The first-order chi connectivity index (χ1) is 7.03. The second-order valence-electron chi connectivity index (χ2n) is 5.74. The lowest BCUT2D eigenvalue weighted by atomic mass is 9.94. The number of rotatable bonds is 6. The zero-order valence-corrected chi connectivity index (χ0v) is 10.7. The van der Waals surface area contributed by atoms with Crippen LogP contribution in [0.4, 0.5) is 0 Å². The molecule has 1 saturated carbocycles. The number of hydrogen-bond acceptors (Lipinski definition) is 2. The molecule has 1 aliphatic carbocycles. The normalized spacial score (nSPS) is 22.2. The fraction of sp³-hybridized carbons (Fsp3) is 1.00. The van der Waals surface area contributed by atoms with Gasteiger partial charge in [-0.15, -0.1) is 0 Å². The number of nitrogens with two attached hydrogens (primary N) is 1. The Morgan fingerprint density at radius 2 is 1.80 bits per heavy atom. The van der Waals surface area contributed by atoms with E-state index < -0.39 is 0 Å². The van der Waals surface area contributed by atoms with Crippen molar-refractivity contribution >= 4 is 0 Å². The molecule has 90 valence electrons. The lowest BCUT2D eigenvalue weighted by molar-refractivity contribution is 0.359. The molecule has 0 amide bonds. The summed E-state index contributed by atoms with van der Waals surface area (Å²) in [5, 5.41) is 3.54. The number of hydrogen-bond donors (Lipinski definition) is 2. The highest BCUT2D eigenvalue weighted by Crippen LogP contribution is 2.29. The van der Waals surface area contributed by atoms with Crippen molar-refractivity contribution in [3.63, 3.8) is 0 Å². The Kier molecular flexibility index (Phi) is 5.07. The summed E-state index contributed by atoms with van der Waals surface area (Å²) >= 11 is 0. The maximum atomic E-state index is 6.30. The summed E-state index contributed by atoms with van der Waals surface area (Å²) in [5.74, 6) is 1.54. The molecule has 15 heavy (non-hydrogen) atoms. The van der Waals surface area contributed by atoms with Gasteiger partial charge in [-0.05, 0) is 44.2 Å². The van der Waals surface area contributed by atoms with E-state index in [1.807, 2.05) is 0 Å². The van der Waals surface area contributed by atoms with Gasteiger partial charge in [0.15, 0.2) is 0 Å². The maximum absolute atomic E-state index is 6.30. The van der Waals surface area contributed by atoms with Crippen molar-refractivity contribution in [2.45, 2.75) is 58.4 Å². The maximum Gasteiger partial charge on any atom is 0.0166 e. The highest BCUT2D eigenvalue weighted by atomic mass is 14.9. The third-order valence-electron chi connectivity index (χ3n) is 4.00. The molecule has 1 aliphatic rings. The van der Waals surface area contributed by atoms with Crippen LogP contribution in [0.5, 0.6) is 0 Å². The average Bonchev–Trinajstić information content (AvgIpc) is 2.60. The van der Waals surface area contributed by atoms with Gasteiger partial charge in [0.1, 0.15) is 0 Å². The predicted octanol–water partition coefficient (Wildman–Crippen LogP) is 2.53. The zero-order valence-electron chi connectivity index (χ0n) is 10.7. The van der Waals surface area contributed by atoms with Crippen LogP contribution in [-0.4, -0.2) is 18.6 Å². The van der Waals surface area contributed by atoms with Crippen LogP contribution < -0.4 is 11.1 Å². The van der Waals surface area contributed by atoms with Crippen molar-refractivity contribution in [1.82, 2.24) is 5.32 Å². The summed E-state index contributed by atoms with van der Waals surface area (Å²) in [7, 11) is 0. The molecule has 0 bridgehead atoms. The van der Waals surface area contributed by atoms with Crippen molar-refractivity contribution in [2.75, 3.05) is 13.1 Å². The standard InChI is InChI=1S/C13H28N2/c1-11(2)12(3)10-15-9-8-13(14)6-4-5-7-13/h11-12,15H,4-10,14H2,1-3H3. The van der Waals surface area contributed by atoms with Crippen LogP contribution in [-0.2, 0) is 0 Å². The third kappa shape index (κ3) is 4.52. The Hall–Kier alpha value is -0.0800. The van der Waals surface area contributed by atoms with Crippen LogP contribution in [0.3, 0.4) is 0 Å². The van der Waals surface area contributed by atoms with Gasteiger partial charge in [0.25, 0.3) is 0 Å². The minimum absolute atomic E-state index is 0.161. The molecule has 1 unspecified atom stereocenters. The second-order valence-corrected chi connectivity index (χ2v) is 5.74. The molecule has 0 aromatic carbocycles. The van der Waals surface area contributed by atoms with Gasteiger partial charge in [-0.2, -0.15) is 0 Å². The molecule has 0 radical (unpaired) electrons. The van der Waals surface area contributed by atoms with Crippen molar-refractivity contribution in [2.24, 2.45) is 17.6 Å². The topological polar surface area (TPSA) is 38.0 Å². The molecule has 0 heterocycles. The first kappa shape index (κ1) is 13.0. The molecular weight excluding hydrogens is 184 g/mol. The van der Waals surface area contributed by atoms with Gasteiger partial charge in [-0.1, -0.05) is 33.6 Å². The lowest BCUT2D eigenvalue weighted by Gasteiger charge is -2.24. The van der Waals surface area contributed by atoms with E-state index in [1.165, 1.54) is 25.7 Å². The lowest BCUT2D eigenvalue weighted by Crippen LogP contribution is -2.40. The average molecular weight is 212 g/mol. The molecular formula is C13H28N2. The smallest absolute Gasteiger partial charge is 0.0166 e. The molecule has 0 aliphatic heterocycles. The van der Waals surface area contributed by atoms with Crippen LogP contribution in [0.1, 0.15) is 52.9 Å². The predicted molar refractivity (Wildman–Crippen MR) is 66.9 cm³/mol. The first-order valence-electron chi connectivity index (χ1n) is 6.53. The monoisotopic (exact) mass is 212 g/mol. The van der Waals surface area contributed by atoms with Crippen LogP contribution in [0.25, 0.3) is 0 Å². The molecule has 1 fully saturated rings. The van der Waals surface area contributed by atoms with Gasteiger partial charge in [0, 0.05) is 5.54 Å². The molecule has 1 atom stereocenters. The van der Waals surface area contributed by atoms with Crippen LogP contribution >= 0.6 is 0 Å². The highest BCUT2D eigenvalue weighted by Gasteiger charge is 2.28. The molecule has 1 rings (SSSR count). The van der Waals surface area contributed by atoms with E-state index >= 15 is 0 Å². The van der Waals surface area contributed by atoms with Gasteiger partial charge in [-0.25, -0.2) is 0 Å². The highest BCUT2D eigenvalue weighted by molar-refractivity contribution is 4.89. The SMILES string of the molecule is CC(C)C(C)CNCCC1(N)CCCC1. The summed E-state index contributed by atoms with van der Waals surface area (Å²) in [5.41, 5.74) is 6.46. The Morgan fingerprint density at radius 3 is 2.33 bits per heavy atom. The summed E-state index contributed by atoms with van der Waals surface area (Å²) in [6.07, 6.45) is 6.28. The van der Waals surface area contributed by atoms with E-state index in [0.29, 0.717) is 0 Å². The minimum atomic E-state index is 0.161.